The molecule has 3 rings (SSSR count). The zero-order valence-corrected chi connectivity index (χ0v) is 17.4. The number of nitrogens with zero attached hydrogens (tertiary/aromatic N) is 3. The molecule has 0 fully saturated rings. The summed E-state index contributed by atoms with van der Waals surface area (Å²) in [5, 5.41) is 11.3. The zero-order valence-electron chi connectivity index (χ0n) is 17.4. The fraction of sp³-hybridized carbons (Fsp3) is 0.381. The van der Waals surface area contributed by atoms with Crippen LogP contribution in [0.25, 0.3) is 10.9 Å². The molecule has 30 heavy (non-hydrogen) atoms. The van der Waals surface area contributed by atoms with Gasteiger partial charge in [-0.1, -0.05) is 20.3 Å². The van der Waals surface area contributed by atoms with Crippen LogP contribution in [-0.2, 0) is 7.05 Å². The van der Waals surface area contributed by atoms with E-state index in [4.69, 9.17) is 11.5 Å². The van der Waals surface area contributed by atoms with E-state index in [-0.39, 0.29) is 29.3 Å². The Bertz CT molecular complexity index is 1050. The molecule has 0 saturated heterocycles. The van der Waals surface area contributed by atoms with E-state index in [1.165, 1.54) is 0 Å². The van der Waals surface area contributed by atoms with Crippen molar-refractivity contribution in [2.45, 2.75) is 45.2 Å². The van der Waals surface area contributed by atoms with Crippen LogP contribution < -0.4 is 22.1 Å². The van der Waals surface area contributed by atoms with Crippen molar-refractivity contribution in [1.29, 1.82) is 0 Å². The lowest BCUT2D eigenvalue weighted by Gasteiger charge is -2.25. The molecule has 0 bridgehead atoms. The van der Waals surface area contributed by atoms with Crippen molar-refractivity contribution >= 4 is 34.1 Å². The van der Waals surface area contributed by atoms with Gasteiger partial charge in [-0.05, 0) is 37.1 Å². The number of nitrogens with one attached hydrogen (secondary N) is 2. The third-order valence-corrected chi connectivity index (χ3v) is 5.16. The van der Waals surface area contributed by atoms with Gasteiger partial charge in [0.25, 0.3) is 5.91 Å². The first-order valence-electron chi connectivity index (χ1n) is 10.0. The summed E-state index contributed by atoms with van der Waals surface area (Å²) in [5.41, 5.74) is 13.3. The molecule has 0 saturated carbocycles. The minimum absolute atomic E-state index is 0.0313. The van der Waals surface area contributed by atoms with E-state index in [0.717, 1.165) is 36.2 Å². The molecule has 1 amide bonds. The van der Waals surface area contributed by atoms with E-state index in [0.29, 0.717) is 5.69 Å². The number of carbonyl (C=O) groups is 1. The Hall–Kier alpha value is -3.20. The molecule has 2 aromatic heterocycles. The number of aromatic nitrogens is 3. The minimum Gasteiger partial charge on any atom is -0.365 e. The summed E-state index contributed by atoms with van der Waals surface area (Å²) < 4.78 is 16.5. The van der Waals surface area contributed by atoms with Gasteiger partial charge in [0.1, 0.15) is 5.82 Å². The number of hydrogen-bond donors (Lipinski definition) is 4. The molecule has 0 spiro atoms. The molecule has 6 N–H and O–H groups in total. The van der Waals surface area contributed by atoms with Crippen molar-refractivity contribution in [3.8, 4) is 0 Å². The number of hydrogen-bond acceptors (Lipinski definition) is 6. The fourth-order valence-corrected chi connectivity index (χ4v) is 3.42. The molecule has 1 aromatic carbocycles. The monoisotopic (exact) mass is 413 g/mol. The molecule has 0 unspecified atom stereocenters. The van der Waals surface area contributed by atoms with Crippen molar-refractivity contribution in [1.82, 2.24) is 14.8 Å². The number of benzene rings is 1. The van der Waals surface area contributed by atoms with E-state index in [2.05, 4.69) is 20.7 Å². The maximum absolute atomic E-state index is 14.7. The lowest BCUT2D eigenvalue weighted by atomic mass is 10.0. The van der Waals surface area contributed by atoms with Crippen molar-refractivity contribution in [2.75, 3.05) is 10.6 Å². The van der Waals surface area contributed by atoms with Crippen LogP contribution in [0.15, 0.2) is 30.5 Å². The van der Waals surface area contributed by atoms with Crippen molar-refractivity contribution < 1.29 is 9.18 Å². The molecule has 8 nitrogen and oxygen atoms in total. The number of fused-ring (bicyclic) bond motifs is 1. The molecule has 3 aromatic rings. The smallest absolute Gasteiger partial charge is 0.252 e. The first-order chi connectivity index (χ1) is 14.3. The average molecular weight is 414 g/mol. The fourth-order valence-electron chi connectivity index (χ4n) is 3.42. The normalized spacial score (nSPS) is 13.2. The highest BCUT2D eigenvalue weighted by atomic mass is 19.1. The van der Waals surface area contributed by atoms with Crippen molar-refractivity contribution in [2.24, 2.45) is 18.5 Å². The van der Waals surface area contributed by atoms with Crippen LogP contribution in [0.3, 0.4) is 0 Å². The van der Waals surface area contributed by atoms with Gasteiger partial charge in [0, 0.05) is 30.2 Å². The van der Waals surface area contributed by atoms with Crippen LogP contribution in [-0.4, -0.2) is 32.8 Å². The number of amides is 1. The van der Waals surface area contributed by atoms with Crippen LogP contribution in [0.1, 0.15) is 43.5 Å². The first-order valence-corrected chi connectivity index (χ1v) is 10.0. The second-order valence-electron chi connectivity index (χ2n) is 7.36. The van der Waals surface area contributed by atoms with Gasteiger partial charge in [-0.15, -0.1) is 0 Å². The van der Waals surface area contributed by atoms with Gasteiger partial charge in [-0.3, -0.25) is 9.48 Å². The number of nitrogens with two attached hydrogens (primary N) is 2. The minimum atomic E-state index is -0.770. The van der Waals surface area contributed by atoms with Crippen molar-refractivity contribution in [3.63, 3.8) is 0 Å². The SMILES string of the molecule is CCC[C@@H](Nc1nc(Nc2ccc3c(cnn3C)c2)c(C(N)=O)cc1F)[C@@H](N)CC. The quantitative estimate of drug-likeness (QED) is 0.427. The van der Waals surface area contributed by atoms with E-state index >= 15 is 0 Å². The molecule has 0 aliphatic rings. The highest BCUT2D eigenvalue weighted by Gasteiger charge is 2.21. The van der Waals surface area contributed by atoms with Gasteiger partial charge < -0.3 is 22.1 Å². The average Bonchev–Trinajstić information content (AvgIpc) is 3.09. The Kier molecular flexibility index (Phi) is 6.51. The Morgan fingerprint density at radius 1 is 1.27 bits per heavy atom. The predicted molar refractivity (Wildman–Crippen MR) is 117 cm³/mol. The van der Waals surface area contributed by atoms with Crippen LogP contribution in [0, 0.1) is 5.82 Å². The van der Waals surface area contributed by atoms with Crippen molar-refractivity contribution in [3.05, 3.63) is 41.8 Å². The number of anilines is 3. The molecular formula is C21H28FN7O. The Balaban J connectivity index is 1.96. The molecule has 2 heterocycles. The molecule has 0 aliphatic heterocycles. The Morgan fingerprint density at radius 3 is 2.70 bits per heavy atom. The number of primary amides is 1. The highest BCUT2D eigenvalue weighted by molar-refractivity contribution is 5.99. The molecular weight excluding hydrogens is 385 g/mol. The van der Waals surface area contributed by atoms with Crippen LogP contribution >= 0.6 is 0 Å². The van der Waals surface area contributed by atoms with Gasteiger partial charge >= 0.3 is 0 Å². The van der Waals surface area contributed by atoms with Gasteiger partial charge in [0.05, 0.1) is 17.3 Å². The largest absolute Gasteiger partial charge is 0.365 e. The maximum Gasteiger partial charge on any atom is 0.252 e. The number of carbonyl (C=O) groups excluding carboxylic acids is 1. The van der Waals surface area contributed by atoms with Gasteiger partial charge in [0.15, 0.2) is 11.6 Å². The summed E-state index contributed by atoms with van der Waals surface area (Å²) in [7, 11) is 1.85. The standard InChI is InChI=1S/C21H28FN7O/c1-4-6-17(16(23)5-2)27-21-15(22)10-14(19(24)30)20(28-21)26-13-7-8-18-12(9-13)11-25-29(18)3/h7-11,16-17H,4-6,23H2,1-3H3,(H2,24,30)(H2,26,27,28)/t16-,17+/m0/s1. The number of aryl methyl sites for hydroxylation is 1. The summed E-state index contributed by atoms with van der Waals surface area (Å²) in [6.07, 6.45) is 4.15. The van der Waals surface area contributed by atoms with Gasteiger partial charge in [-0.25, -0.2) is 9.37 Å². The Morgan fingerprint density at radius 2 is 2.03 bits per heavy atom. The first kappa shape index (κ1) is 21.5. The predicted octanol–water partition coefficient (Wildman–Crippen LogP) is 3.27. The summed E-state index contributed by atoms with van der Waals surface area (Å²) in [5.74, 6) is -1.21. The summed E-state index contributed by atoms with van der Waals surface area (Å²) in [6.45, 7) is 4.02. The second kappa shape index (κ2) is 9.08. The van der Waals surface area contributed by atoms with Crippen LogP contribution in [0.2, 0.25) is 0 Å². The molecule has 0 radical (unpaired) electrons. The second-order valence-corrected chi connectivity index (χ2v) is 7.36. The van der Waals surface area contributed by atoms with Crippen LogP contribution in [0.4, 0.5) is 21.7 Å². The summed E-state index contributed by atoms with van der Waals surface area (Å²) in [6, 6.07) is 6.42. The topological polar surface area (TPSA) is 124 Å². The van der Waals surface area contributed by atoms with Gasteiger partial charge in [0.2, 0.25) is 0 Å². The van der Waals surface area contributed by atoms with E-state index in [1.54, 1.807) is 10.9 Å². The Labute approximate surface area is 174 Å². The molecule has 160 valence electrons. The summed E-state index contributed by atoms with van der Waals surface area (Å²) >= 11 is 0. The van der Waals surface area contributed by atoms with E-state index in [1.807, 2.05) is 39.1 Å². The number of pyridine rings is 1. The molecule has 2 atom stereocenters. The molecule has 0 aliphatic carbocycles. The number of halogens is 1. The lowest BCUT2D eigenvalue weighted by molar-refractivity contribution is 0.100. The summed E-state index contributed by atoms with van der Waals surface area (Å²) in [4.78, 5) is 16.2. The third kappa shape index (κ3) is 4.51. The van der Waals surface area contributed by atoms with Gasteiger partial charge in [-0.2, -0.15) is 5.10 Å². The molecule has 9 heteroatoms. The highest BCUT2D eigenvalue weighted by Crippen LogP contribution is 2.27. The van der Waals surface area contributed by atoms with E-state index in [9.17, 15) is 9.18 Å². The third-order valence-electron chi connectivity index (χ3n) is 5.16. The van der Waals surface area contributed by atoms with E-state index < -0.39 is 11.7 Å². The lowest BCUT2D eigenvalue weighted by Crippen LogP contribution is -2.40. The zero-order chi connectivity index (χ0) is 21.8. The number of rotatable bonds is 9. The van der Waals surface area contributed by atoms with Crippen LogP contribution in [0.5, 0.6) is 0 Å². The maximum atomic E-state index is 14.7.